The van der Waals surface area contributed by atoms with Crippen LogP contribution < -0.4 is 0 Å². The lowest BCUT2D eigenvalue weighted by Crippen LogP contribution is -1.98. The standard InChI is InChI=1S/C11H12N2O2/c14-5-1-2-11-12-6-10-4-3-9(8-15)7-13(10)11/h3-4,6-8,14H,1-2,5H2. The minimum Gasteiger partial charge on any atom is -0.396 e. The van der Waals surface area contributed by atoms with Gasteiger partial charge in [-0.25, -0.2) is 4.98 Å². The van der Waals surface area contributed by atoms with E-state index in [4.69, 9.17) is 5.11 Å². The Morgan fingerprint density at radius 3 is 3.07 bits per heavy atom. The first-order valence-corrected chi connectivity index (χ1v) is 4.87. The molecule has 0 spiro atoms. The number of rotatable bonds is 4. The van der Waals surface area contributed by atoms with Crippen LogP contribution in [0.15, 0.2) is 24.5 Å². The molecule has 2 heterocycles. The number of carbonyl (C=O) groups is 1. The summed E-state index contributed by atoms with van der Waals surface area (Å²) in [5.74, 6) is 0.878. The van der Waals surface area contributed by atoms with Crippen LogP contribution in [0.2, 0.25) is 0 Å². The molecule has 0 amide bonds. The summed E-state index contributed by atoms with van der Waals surface area (Å²) in [4.78, 5) is 14.9. The van der Waals surface area contributed by atoms with Crippen LogP contribution in [0.25, 0.3) is 5.52 Å². The molecule has 0 aliphatic rings. The number of hydrogen-bond donors (Lipinski definition) is 1. The van der Waals surface area contributed by atoms with E-state index in [0.29, 0.717) is 18.4 Å². The van der Waals surface area contributed by atoms with Crippen LogP contribution in [-0.4, -0.2) is 27.4 Å². The third-order valence-electron chi connectivity index (χ3n) is 2.32. The van der Waals surface area contributed by atoms with E-state index in [1.54, 1.807) is 18.5 Å². The third-order valence-corrected chi connectivity index (χ3v) is 2.32. The molecule has 0 saturated carbocycles. The molecule has 0 radical (unpaired) electrons. The molecule has 0 aliphatic carbocycles. The molecule has 1 N–H and O–H groups in total. The minimum absolute atomic E-state index is 0.155. The van der Waals surface area contributed by atoms with Crippen molar-refractivity contribution in [3.05, 3.63) is 35.9 Å². The van der Waals surface area contributed by atoms with Crippen LogP contribution in [0.1, 0.15) is 22.6 Å². The van der Waals surface area contributed by atoms with Crippen molar-refractivity contribution >= 4 is 11.8 Å². The molecular weight excluding hydrogens is 192 g/mol. The molecule has 15 heavy (non-hydrogen) atoms. The van der Waals surface area contributed by atoms with Crippen molar-refractivity contribution in [1.29, 1.82) is 0 Å². The van der Waals surface area contributed by atoms with E-state index < -0.39 is 0 Å². The number of aryl methyl sites for hydroxylation is 1. The normalized spacial score (nSPS) is 10.7. The number of imidazole rings is 1. The van der Waals surface area contributed by atoms with E-state index in [-0.39, 0.29) is 6.61 Å². The predicted molar refractivity (Wildman–Crippen MR) is 56.0 cm³/mol. The third kappa shape index (κ3) is 1.89. The molecule has 78 valence electrons. The van der Waals surface area contributed by atoms with Crippen molar-refractivity contribution in [2.45, 2.75) is 12.8 Å². The van der Waals surface area contributed by atoms with Gasteiger partial charge in [-0.15, -0.1) is 0 Å². The quantitative estimate of drug-likeness (QED) is 0.758. The fourth-order valence-electron chi connectivity index (χ4n) is 1.55. The Labute approximate surface area is 87.2 Å². The average molecular weight is 204 g/mol. The SMILES string of the molecule is O=Cc1ccc2cnc(CCCO)n2c1. The maximum Gasteiger partial charge on any atom is 0.151 e. The molecule has 0 saturated heterocycles. The van der Waals surface area contributed by atoms with Crippen LogP contribution in [0, 0.1) is 0 Å². The first-order chi connectivity index (χ1) is 7.35. The zero-order valence-electron chi connectivity index (χ0n) is 8.26. The first-order valence-electron chi connectivity index (χ1n) is 4.87. The van der Waals surface area contributed by atoms with Crippen LogP contribution in [0.4, 0.5) is 0 Å². The fraction of sp³-hybridized carbons (Fsp3) is 0.273. The number of carbonyl (C=O) groups excluding carboxylic acids is 1. The van der Waals surface area contributed by atoms with Crippen molar-refractivity contribution in [1.82, 2.24) is 9.38 Å². The maximum absolute atomic E-state index is 10.6. The smallest absolute Gasteiger partial charge is 0.151 e. The summed E-state index contributed by atoms with van der Waals surface area (Å²) in [6, 6.07) is 3.62. The van der Waals surface area contributed by atoms with E-state index >= 15 is 0 Å². The van der Waals surface area contributed by atoms with Crippen molar-refractivity contribution in [3.63, 3.8) is 0 Å². The van der Waals surface area contributed by atoms with Gasteiger partial charge in [0.05, 0.1) is 11.7 Å². The Morgan fingerprint density at radius 2 is 2.33 bits per heavy atom. The van der Waals surface area contributed by atoms with Gasteiger partial charge in [-0.2, -0.15) is 0 Å². The first kappa shape index (κ1) is 9.86. The maximum atomic E-state index is 10.6. The van der Waals surface area contributed by atoms with E-state index in [0.717, 1.165) is 17.6 Å². The summed E-state index contributed by atoms with van der Waals surface area (Å²) in [6.07, 6.45) is 5.75. The molecule has 4 nitrogen and oxygen atoms in total. The van der Waals surface area contributed by atoms with Crippen LogP contribution in [0.3, 0.4) is 0 Å². The van der Waals surface area contributed by atoms with Crippen molar-refractivity contribution < 1.29 is 9.90 Å². The van der Waals surface area contributed by atoms with E-state index in [1.165, 1.54) is 0 Å². The average Bonchev–Trinajstić information content (AvgIpc) is 2.68. The molecule has 0 aliphatic heterocycles. The molecule has 0 unspecified atom stereocenters. The summed E-state index contributed by atoms with van der Waals surface area (Å²) < 4.78 is 1.89. The van der Waals surface area contributed by atoms with Gasteiger partial charge in [0.2, 0.25) is 0 Å². The van der Waals surface area contributed by atoms with Crippen LogP contribution >= 0.6 is 0 Å². The molecule has 4 heteroatoms. The van der Waals surface area contributed by atoms with Crippen LogP contribution in [-0.2, 0) is 6.42 Å². The second kappa shape index (κ2) is 4.23. The Morgan fingerprint density at radius 1 is 1.47 bits per heavy atom. The van der Waals surface area contributed by atoms with Gasteiger partial charge in [0.25, 0.3) is 0 Å². The summed E-state index contributed by atoms with van der Waals surface area (Å²) in [6.45, 7) is 0.155. The summed E-state index contributed by atoms with van der Waals surface area (Å²) in [5.41, 5.74) is 1.60. The van der Waals surface area contributed by atoms with E-state index in [9.17, 15) is 4.79 Å². The van der Waals surface area contributed by atoms with Gasteiger partial charge in [0.1, 0.15) is 5.82 Å². The Balaban J connectivity index is 2.42. The number of aromatic nitrogens is 2. The van der Waals surface area contributed by atoms with Crippen molar-refractivity contribution in [2.24, 2.45) is 0 Å². The number of fused-ring (bicyclic) bond motifs is 1. The van der Waals surface area contributed by atoms with Gasteiger partial charge in [-0.3, -0.25) is 4.79 Å². The predicted octanol–water partition coefficient (Wildman–Crippen LogP) is 1.07. The van der Waals surface area contributed by atoms with Crippen molar-refractivity contribution in [3.8, 4) is 0 Å². The summed E-state index contributed by atoms with van der Waals surface area (Å²) >= 11 is 0. The van der Waals surface area contributed by atoms with Gasteiger partial charge >= 0.3 is 0 Å². The summed E-state index contributed by atoms with van der Waals surface area (Å²) in [7, 11) is 0. The lowest BCUT2D eigenvalue weighted by molar-refractivity contribution is 0.112. The lowest BCUT2D eigenvalue weighted by Gasteiger charge is -2.00. The fourth-order valence-corrected chi connectivity index (χ4v) is 1.55. The molecule has 2 aromatic heterocycles. The number of aliphatic hydroxyl groups is 1. The number of aliphatic hydroxyl groups excluding tert-OH is 1. The number of pyridine rings is 1. The topological polar surface area (TPSA) is 54.6 Å². The van der Waals surface area contributed by atoms with Gasteiger partial charge < -0.3 is 9.51 Å². The Bertz CT molecular complexity index is 476. The largest absolute Gasteiger partial charge is 0.396 e. The second-order valence-electron chi connectivity index (χ2n) is 3.38. The molecule has 0 bridgehead atoms. The lowest BCUT2D eigenvalue weighted by atomic mass is 10.3. The highest BCUT2D eigenvalue weighted by molar-refractivity contribution is 5.75. The van der Waals surface area contributed by atoms with Gasteiger partial charge in [-0.1, -0.05) is 0 Å². The Hall–Kier alpha value is -1.68. The van der Waals surface area contributed by atoms with E-state index in [1.807, 2.05) is 10.5 Å². The van der Waals surface area contributed by atoms with Gasteiger partial charge in [-0.05, 0) is 18.6 Å². The van der Waals surface area contributed by atoms with Crippen molar-refractivity contribution in [2.75, 3.05) is 6.61 Å². The molecule has 0 aromatic carbocycles. The Kier molecular flexibility index (Phi) is 2.78. The zero-order valence-corrected chi connectivity index (χ0v) is 8.26. The summed E-state index contributed by atoms with van der Waals surface area (Å²) in [5, 5.41) is 8.74. The van der Waals surface area contributed by atoms with Gasteiger partial charge in [0, 0.05) is 24.8 Å². The number of nitrogens with zero attached hydrogens (tertiary/aromatic N) is 2. The molecule has 2 rings (SSSR count). The number of hydrogen-bond acceptors (Lipinski definition) is 3. The molecule has 2 aromatic rings. The second-order valence-corrected chi connectivity index (χ2v) is 3.38. The molecule has 0 fully saturated rings. The van der Waals surface area contributed by atoms with E-state index in [2.05, 4.69) is 4.98 Å². The zero-order chi connectivity index (χ0) is 10.7. The highest BCUT2D eigenvalue weighted by Crippen LogP contribution is 2.09. The van der Waals surface area contributed by atoms with Crippen LogP contribution in [0.5, 0.6) is 0 Å². The molecule has 0 atom stereocenters. The number of aldehydes is 1. The highest BCUT2D eigenvalue weighted by atomic mass is 16.2. The highest BCUT2D eigenvalue weighted by Gasteiger charge is 2.03. The van der Waals surface area contributed by atoms with Gasteiger partial charge in [0.15, 0.2) is 6.29 Å². The molecular formula is C11H12N2O2. The monoisotopic (exact) mass is 204 g/mol. The minimum atomic E-state index is 0.155.